The van der Waals surface area contributed by atoms with E-state index in [0.29, 0.717) is 11.8 Å². The second kappa shape index (κ2) is 5.00. The predicted octanol–water partition coefficient (Wildman–Crippen LogP) is 4.94. The molecular weight excluding hydrogens is 276 g/mol. The first-order valence-corrected chi connectivity index (χ1v) is 8.47. The Labute approximate surface area is 137 Å². The fraction of sp³-hybridized carbons (Fsp3) is 0.217. The van der Waals surface area contributed by atoms with Crippen LogP contribution >= 0.6 is 0 Å². The Hall–Kier alpha value is -2.52. The van der Waals surface area contributed by atoms with Gasteiger partial charge in [0.2, 0.25) is 0 Å². The summed E-state index contributed by atoms with van der Waals surface area (Å²) in [6.07, 6.45) is 6.19. The van der Waals surface area contributed by atoms with E-state index in [9.17, 15) is 0 Å². The summed E-state index contributed by atoms with van der Waals surface area (Å²) in [6, 6.07) is 21.2. The normalized spacial score (nSPS) is 29.7. The van der Waals surface area contributed by atoms with E-state index >= 15 is 0 Å². The fourth-order valence-electron chi connectivity index (χ4n) is 4.65. The molecule has 1 saturated carbocycles. The van der Waals surface area contributed by atoms with E-state index in [0.717, 1.165) is 17.4 Å². The smallest absolute Gasteiger partial charge is 0.0248 e. The minimum absolute atomic E-state index is 0.663. The van der Waals surface area contributed by atoms with Gasteiger partial charge in [-0.05, 0) is 47.4 Å². The lowest BCUT2D eigenvalue weighted by molar-refractivity contribution is 0.403. The van der Waals surface area contributed by atoms with Crippen molar-refractivity contribution >= 4 is 5.57 Å². The highest BCUT2D eigenvalue weighted by molar-refractivity contribution is 5.83. The molecule has 3 aliphatic carbocycles. The zero-order valence-electron chi connectivity index (χ0n) is 12.9. The molecule has 4 atom stereocenters. The SMILES string of the molecule is C(#Cc1ccccc1)C1=C(c2ccccc2)[C@@H]2[C@H]1[C@H]1C=C[C@@H]2C1. The van der Waals surface area contributed by atoms with Crippen LogP contribution in [0, 0.1) is 35.5 Å². The highest BCUT2D eigenvalue weighted by Gasteiger charge is 2.54. The van der Waals surface area contributed by atoms with E-state index in [-0.39, 0.29) is 0 Å². The van der Waals surface area contributed by atoms with E-state index < -0.39 is 0 Å². The van der Waals surface area contributed by atoms with Crippen molar-refractivity contribution in [3.63, 3.8) is 0 Å². The minimum atomic E-state index is 0.663. The average Bonchev–Trinajstić information content (AvgIpc) is 3.15. The van der Waals surface area contributed by atoms with Gasteiger partial charge in [-0.15, -0.1) is 0 Å². The van der Waals surface area contributed by atoms with Crippen molar-refractivity contribution in [1.29, 1.82) is 0 Å². The van der Waals surface area contributed by atoms with Crippen LogP contribution in [-0.2, 0) is 0 Å². The average molecular weight is 294 g/mol. The minimum Gasteiger partial charge on any atom is -0.0845 e. The first-order chi connectivity index (χ1) is 11.4. The van der Waals surface area contributed by atoms with Crippen molar-refractivity contribution in [2.45, 2.75) is 6.42 Å². The van der Waals surface area contributed by atoms with Gasteiger partial charge in [-0.1, -0.05) is 72.5 Å². The van der Waals surface area contributed by atoms with Gasteiger partial charge < -0.3 is 0 Å². The summed E-state index contributed by atoms with van der Waals surface area (Å²) in [5.41, 5.74) is 5.37. The van der Waals surface area contributed by atoms with Gasteiger partial charge in [-0.2, -0.15) is 0 Å². The lowest BCUT2D eigenvalue weighted by Gasteiger charge is -2.41. The lowest BCUT2D eigenvalue weighted by Crippen LogP contribution is -2.32. The molecule has 0 aliphatic heterocycles. The summed E-state index contributed by atoms with van der Waals surface area (Å²) >= 11 is 0. The molecule has 1 fully saturated rings. The van der Waals surface area contributed by atoms with Gasteiger partial charge in [0.15, 0.2) is 0 Å². The number of rotatable bonds is 1. The molecule has 0 N–H and O–H groups in total. The van der Waals surface area contributed by atoms with Gasteiger partial charge in [0.1, 0.15) is 0 Å². The molecule has 0 heterocycles. The van der Waals surface area contributed by atoms with Crippen molar-refractivity contribution in [1.82, 2.24) is 0 Å². The Kier molecular flexibility index (Phi) is 2.82. The molecule has 23 heavy (non-hydrogen) atoms. The molecule has 0 spiro atoms. The Balaban J connectivity index is 1.60. The molecule has 0 saturated heterocycles. The van der Waals surface area contributed by atoms with Gasteiger partial charge in [0, 0.05) is 17.1 Å². The maximum absolute atomic E-state index is 3.54. The molecule has 0 heteroatoms. The van der Waals surface area contributed by atoms with Crippen LogP contribution in [-0.4, -0.2) is 0 Å². The van der Waals surface area contributed by atoms with Crippen LogP contribution in [0.15, 0.2) is 78.4 Å². The Morgan fingerprint density at radius 3 is 2.09 bits per heavy atom. The summed E-state index contributed by atoms with van der Waals surface area (Å²) in [5, 5.41) is 0. The topological polar surface area (TPSA) is 0 Å². The number of fused-ring (bicyclic) bond motifs is 5. The standard InChI is InChI=1S/C23H18/c1-3-7-16(8-4-1)11-14-20-21(17-9-5-2-6-10-17)23-19-13-12-18(15-19)22(20)23/h1-10,12-13,18-19,22-23H,15H2/t18-,19+,22-,23+/m0/s1. The molecule has 0 amide bonds. The molecule has 2 aromatic carbocycles. The van der Waals surface area contributed by atoms with Gasteiger partial charge in [0.05, 0.1) is 0 Å². The molecule has 2 bridgehead atoms. The van der Waals surface area contributed by atoms with Crippen molar-refractivity contribution in [3.05, 3.63) is 89.5 Å². The Morgan fingerprint density at radius 2 is 1.35 bits per heavy atom. The Bertz CT molecular complexity index is 859. The van der Waals surface area contributed by atoms with Crippen LogP contribution < -0.4 is 0 Å². The van der Waals surface area contributed by atoms with Gasteiger partial charge in [-0.3, -0.25) is 0 Å². The van der Waals surface area contributed by atoms with Crippen LogP contribution in [0.3, 0.4) is 0 Å². The summed E-state index contributed by atoms with van der Waals surface area (Å²) in [4.78, 5) is 0. The first kappa shape index (κ1) is 13.0. The monoisotopic (exact) mass is 294 g/mol. The third-order valence-electron chi connectivity index (χ3n) is 5.62. The van der Waals surface area contributed by atoms with E-state index in [1.807, 2.05) is 6.07 Å². The zero-order chi connectivity index (χ0) is 15.2. The molecule has 5 rings (SSSR count). The molecular formula is C23H18. The van der Waals surface area contributed by atoms with Crippen LogP contribution in [0.1, 0.15) is 17.5 Å². The number of allylic oxidation sites excluding steroid dienone is 4. The van der Waals surface area contributed by atoms with Crippen LogP contribution in [0.4, 0.5) is 0 Å². The molecule has 3 aliphatic rings. The first-order valence-electron chi connectivity index (χ1n) is 8.47. The summed E-state index contributed by atoms with van der Waals surface area (Å²) < 4.78 is 0. The highest BCUT2D eigenvalue weighted by atomic mass is 14.6. The molecule has 110 valence electrons. The maximum atomic E-state index is 3.54. The highest BCUT2D eigenvalue weighted by Crippen LogP contribution is 2.63. The van der Waals surface area contributed by atoms with E-state index in [1.54, 1.807) is 0 Å². The van der Waals surface area contributed by atoms with E-state index in [2.05, 4.69) is 78.6 Å². The summed E-state index contributed by atoms with van der Waals surface area (Å²) in [7, 11) is 0. The number of hydrogen-bond acceptors (Lipinski definition) is 0. The van der Waals surface area contributed by atoms with E-state index in [4.69, 9.17) is 0 Å². The molecule has 0 aromatic heterocycles. The van der Waals surface area contributed by atoms with Crippen LogP contribution in [0.2, 0.25) is 0 Å². The third-order valence-corrected chi connectivity index (χ3v) is 5.62. The predicted molar refractivity (Wildman–Crippen MR) is 94.4 cm³/mol. The van der Waals surface area contributed by atoms with Gasteiger partial charge in [-0.25, -0.2) is 0 Å². The largest absolute Gasteiger partial charge is 0.0845 e. The van der Waals surface area contributed by atoms with Crippen molar-refractivity contribution in [2.24, 2.45) is 23.7 Å². The number of hydrogen-bond donors (Lipinski definition) is 0. The maximum Gasteiger partial charge on any atom is 0.0248 e. The van der Waals surface area contributed by atoms with Gasteiger partial charge >= 0.3 is 0 Å². The molecule has 0 nitrogen and oxygen atoms in total. The Morgan fingerprint density at radius 1 is 0.696 bits per heavy atom. The third kappa shape index (κ3) is 1.93. The van der Waals surface area contributed by atoms with Crippen molar-refractivity contribution < 1.29 is 0 Å². The van der Waals surface area contributed by atoms with Crippen molar-refractivity contribution in [3.8, 4) is 11.8 Å². The van der Waals surface area contributed by atoms with Gasteiger partial charge in [0.25, 0.3) is 0 Å². The molecule has 0 unspecified atom stereocenters. The quantitative estimate of drug-likeness (QED) is 0.516. The second-order valence-electron chi connectivity index (χ2n) is 6.81. The lowest BCUT2D eigenvalue weighted by atomic mass is 9.61. The summed E-state index contributed by atoms with van der Waals surface area (Å²) in [6.45, 7) is 0. The molecule has 0 radical (unpaired) electrons. The number of benzene rings is 2. The molecule has 2 aromatic rings. The fourth-order valence-corrected chi connectivity index (χ4v) is 4.65. The van der Waals surface area contributed by atoms with Crippen LogP contribution in [0.25, 0.3) is 5.57 Å². The zero-order valence-corrected chi connectivity index (χ0v) is 12.9. The van der Waals surface area contributed by atoms with Crippen LogP contribution in [0.5, 0.6) is 0 Å². The second-order valence-corrected chi connectivity index (χ2v) is 6.81. The van der Waals surface area contributed by atoms with E-state index in [1.165, 1.54) is 23.1 Å². The summed E-state index contributed by atoms with van der Waals surface area (Å²) in [5.74, 6) is 9.75. The van der Waals surface area contributed by atoms with Crippen molar-refractivity contribution in [2.75, 3.05) is 0 Å².